The third-order valence-corrected chi connectivity index (χ3v) is 9.07. The van der Waals surface area contributed by atoms with Gasteiger partial charge in [-0.05, 0) is 79.7 Å². The van der Waals surface area contributed by atoms with Crippen molar-refractivity contribution in [1.29, 1.82) is 0 Å². The summed E-state index contributed by atoms with van der Waals surface area (Å²) in [6, 6.07) is 25.6. The molecule has 3 aromatic carbocycles. The summed E-state index contributed by atoms with van der Waals surface area (Å²) in [5.41, 5.74) is 4.46. The van der Waals surface area contributed by atoms with Gasteiger partial charge in [0.25, 0.3) is 0 Å². The molecular formula is C33H39NO5S. The van der Waals surface area contributed by atoms with Crippen molar-refractivity contribution in [2.45, 2.75) is 63.1 Å². The fourth-order valence-electron chi connectivity index (χ4n) is 5.30. The van der Waals surface area contributed by atoms with E-state index in [0.717, 1.165) is 36.0 Å². The molecule has 0 radical (unpaired) electrons. The summed E-state index contributed by atoms with van der Waals surface area (Å²) in [6.07, 6.45) is 8.15. The molecule has 0 heterocycles. The molecule has 0 bridgehead atoms. The van der Waals surface area contributed by atoms with E-state index >= 15 is 0 Å². The maximum atomic E-state index is 12.9. The number of rotatable bonds is 14. The second-order valence-corrected chi connectivity index (χ2v) is 12.3. The van der Waals surface area contributed by atoms with Crippen LogP contribution in [-0.4, -0.2) is 32.1 Å². The van der Waals surface area contributed by atoms with Crippen molar-refractivity contribution in [1.82, 2.24) is 4.72 Å². The molecule has 3 atom stereocenters. The van der Waals surface area contributed by atoms with Gasteiger partial charge in [-0.1, -0.05) is 84.4 Å². The zero-order valence-electron chi connectivity index (χ0n) is 23.0. The highest BCUT2D eigenvalue weighted by atomic mass is 32.2. The Morgan fingerprint density at radius 1 is 0.950 bits per heavy atom. The van der Waals surface area contributed by atoms with Crippen LogP contribution >= 0.6 is 0 Å². The minimum atomic E-state index is -3.59. The first-order valence-corrected chi connectivity index (χ1v) is 15.5. The Kier molecular flexibility index (Phi) is 10.7. The molecule has 0 amide bonds. The van der Waals surface area contributed by atoms with E-state index in [1.807, 2.05) is 31.2 Å². The molecule has 0 saturated heterocycles. The molecule has 7 heteroatoms. The van der Waals surface area contributed by atoms with Crippen LogP contribution in [0.1, 0.15) is 49.7 Å². The highest BCUT2D eigenvalue weighted by Gasteiger charge is 2.36. The third kappa shape index (κ3) is 8.62. The zero-order chi connectivity index (χ0) is 28.4. The van der Waals surface area contributed by atoms with E-state index < -0.39 is 16.0 Å². The Morgan fingerprint density at radius 2 is 1.65 bits per heavy atom. The number of unbranched alkanes of at least 4 members (excludes halogenated alkanes) is 1. The molecule has 3 aromatic rings. The van der Waals surface area contributed by atoms with Crippen molar-refractivity contribution in [3.05, 3.63) is 102 Å². The smallest absolute Gasteiger partial charge is 0.303 e. The molecule has 0 aromatic heterocycles. The van der Waals surface area contributed by atoms with E-state index in [-0.39, 0.29) is 29.3 Å². The number of allylic oxidation sites excluding steroid dienone is 2. The molecule has 212 valence electrons. The number of hydrogen-bond donors (Lipinski definition) is 2. The van der Waals surface area contributed by atoms with Crippen LogP contribution < -0.4 is 4.72 Å². The second kappa shape index (κ2) is 14.4. The Morgan fingerprint density at radius 3 is 2.35 bits per heavy atom. The van der Waals surface area contributed by atoms with E-state index in [4.69, 9.17) is 9.84 Å². The van der Waals surface area contributed by atoms with Crippen LogP contribution in [0.5, 0.6) is 0 Å². The van der Waals surface area contributed by atoms with Crippen molar-refractivity contribution in [2.75, 3.05) is 6.54 Å². The number of sulfonamides is 1. The molecule has 0 unspecified atom stereocenters. The van der Waals surface area contributed by atoms with Crippen LogP contribution in [0.2, 0.25) is 0 Å². The number of nitrogens with one attached hydrogen (secondary N) is 1. The number of aliphatic carboxylic acids is 1. The molecule has 1 aliphatic rings. The monoisotopic (exact) mass is 561 g/mol. The molecule has 6 nitrogen and oxygen atoms in total. The van der Waals surface area contributed by atoms with Crippen LogP contribution in [0.25, 0.3) is 11.1 Å². The van der Waals surface area contributed by atoms with Crippen molar-refractivity contribution in [3.63, 3.8) is 0 Å². The lowest BCUT2D eigenvalue weighted by atomic mass is 9.91. The summed E-state index contributed by atoms with van der Waals surface area (Å²) in [6.45, 7) is 2.79. The molecule has 1 aliphatic carbocycles. The summed E-state index contributed by atoms with van der Waals surface area (Å²) in [7, 11) is -3.59. The quantitative estimate of drug-likeness (QED) is 0.168. The second-order valence-electron chi connectivity index (χ2n) is 10.6. The van der Waals surface area contributed by atoms with E-state index in [1.54, 1.807) is 24.3 Å². The van der Waals surface area contributed by atoms with Gasteiger partial charge in [-0.3, -0.25) is 4.79 Å². The van der Waals surface area contributed by atoms with Gasteiger partial charge < -0.3 is 9.84 Å². The lowest BCUT2D eigenvalue weighted by Gasteiger charge is -2.24. The molecular weight excluding hydrogens is 522 g/mol. The van der Waals surface area contributed by atoms with E-state index in [2.05, 4.69) is 47.2 Å². The third-order valence-electron chi connectivity index (χ3n) is 7.63. The lowest BCUT2D eigenvalue weighted by Crippen LogP contribution is -2.33. The van der Waals surface area contributed by atoms with Crippen LogP contribution in [0.15, 0.2) is 95.9 Å². The first-order valence-electron chi connectivity index (χ1n) is 14.0. The number of aryl methyl sites for hydroxylation is 1. The zero-order valence-corrected chi connectivity index (χ0v) is 23.9. The minimum Gasteiger partial charge on any atom is -0.481 e. The topological polar surface area (TPSA) is 92.7 Å². The fraction of sp³-hybridized carbons (Fsp3) is 0.364. The Hall–Kier alpha value is -3.26. The molecule has 2 N–H and O–H groups in total. The van der Waals surface area contributed by atoms with Gasteiger partial charge in [0.2, 0.25) is 10.0 Å². The van der Waals surface area contributed by atoms with Crippen LogP contribution in [-0.2, 0) is 26.2 Å². The summed E-state index contributed by atoms with van der Waals surface area (Å²) < 4.78 is 35.1. The normalized spacial score (nSPS) is 19.3. The van der Waals surface area contributed by atoms with Gasteiger partial charge in [-0.2, -0.15) is 0 Å². The molecule has 0 spiro atoms. The SMILES string of the molecule is Cc1ccc(S(=O)(=O)NC[C@H]2CC[C@H](OCc3ccc(-c4ccccc4)cc3)[C@@H]2C/C=C\CCCC(=O)O)cc1. The van der Waals surface area contributed by atoms with Gasteiger partial charge in [0.15, 0.2) is 0 Å². The van der Waals surface area contributed by atoms with Crippen molar-refractivity contribution >= 4 is 16.0 Å². The number of carboxylic acid groups (broad SMARTS) is 1. The average molecular weight is 562 g/mol. The first kappa shape index (κ1) is 29.7. The van der Waals surface area contributed by atoms with E-state index in [0.29, 0.717) is 26.0 Å². The van der Waals surface area contributed by atoms with Gasteiger partial charge >= 0.3 is 5.97 Å². The largest absolute Gasteiger partial charge is 0.481 e. The number of ether oxygens (including phenoxy) is 1. The number of benzene rings is 3. The van der Waals surface area contributed by atoms with Gasteiger partial charge in [-0.15, -0.1) is 0 Å². The van der Waals surface area contributed by atoms with Gasteiger partial charge in [0.05, 0.1) is 17.6 Å². The van der Waals surface area contributed by atoms with Crippen molar-refractivity contribution in [2.24, 2.45) is 11.8 Å². The van der Waals surface area contributed by atoms with Crippen molar-refractivity contribution in [3.8, 4) is 11.1 Å². The maximum Gasteiger partial charge on any atom is 0.303 e. The summed E-state index contributed by atoms with van der Waals surface area (Å²) >= 11 is 0. The van der Waals surface area contributed by atoms with Gasteiger partial charge in [0, 0.05) is 13.0 Å². The van der Waals surface area contributed by atoms with Crippen LogP contribution in [0, 0.1) is 18.8 Å². The Balaban J connectivity index is 1.38. The predicted molar refractivity (Wildman–Crippen MR) is 158 cm³/mol. The molecule has 0 aliphatic heterocycles. The Labute approximate surface area is 238 Å². The number of carbonyl (C=O) groups is 1. The highest BCUT2D eigenvalue weighted by molar-refractivity contribution is 7.89. The molecule has 40 heavy (non-hydrogen) atoms. The molecule has 1 saturated carbocycles. The predicted octanol–water partition coefficient (Wildman–Crippen LogP) is 6.75. The minimum absolute atomic E-state index is 0.0198. The van der Waals surface area contributed by atoms with Crippen LogP contribution in [0.4, 0.5) is 0 Å². The number of hydrogen-bond acceptors (Lipinski definition) is 4. The van der Waals surface area contributed by atoms with Crippen LogP contribution in [0.3, 0.4) is 0 Å². The fourth-order valence-corrected chi connectivity index (χ4v) is 6.40. The van der Waals surface area contributed by atoms with Gasteiger partial charge in [-0.25, -0.2) is 13.1 Å². The average Bonchev–Trinajstić information content (AvgIpc) is 3.35. The van der Waals surface area contributed by atoms with Crippen molar-refractivity contribution < 1.29 is 23.1 Å². The standard InChI is InChI=1S/C33H39NO5S/c1-25-13-20-30(21-14-25)40(37,38)34-23-29-19-22-32(31(29)11-7-2-3-8-12-33(35)36)39-24-26-15-17-28(18-16-26)27-9-5-4-6-10-27/h2,4-7,9-10,13-18,20-21,29,31-32,34H,3,8,11-12,19,22-24H2,1H3,(H,35,36)/b7-2-/t29-,31-,32+/m1/s1. The Bertz CT molecular complexity index is 1350. The van der Waals surface area contributed by atoms with E-state index in [9.17, 15) is 13.2 Å². The molecule has 1 fully saturated rings. The van der Waals surface area contributed by atoms with Gasteiger partial charge in [0.1, 0.15) is 0 Å². The first-order chi connectivity index (χ1) is 19.3. The summed E-state index contributed by atoms with van der Waals surface area (Å²) in [5, 5.41) is 8.86. The summed E-state index contributed by atoms with van der Waals surface area (Å²) in [4.78, 5) is 11.1. The number of carboxylic acids is 1. The van der Waals surface area contributed by atoms with E-state index in [1.165, 1.54) is 5.56 Å². The lowest BCUT2D eigenvalue weighted by molar-refractivity contribution is -0.137. The maximum absolute atomic E-state index is 12.9. The molecule has 4 rings (SSSR count). The summed E-state index contributed by atoms with van der Waals surface area (Å²) in [5.74, 6) is -0.468. The highest BCUT2D eigenvalue weighted by Crippen LogP contribution is 2.37.